The van der Waals surface area contributed by atoms with E-state index in [9.17, 15) is 0 Å². The fourth-order valence-corrected chi connectivity index (χ4v) is 0. The van der Waals surface area contributed by atoms with Gasteiger partial charge >= 0.3 is 56.4 Å². The van der Waals surface area contributed by atoms with Crippen molar-refractivity contribution in [1.82, 2.24) is 0 Å². The molecule has 0 aliphatic rings. The van der Waals surface area contributed by atoms with Crippen molar-refractivity contribution in [2.45, 2.75) is 27.7 Å². The second-order valence-corrected chi connectivity index (χ2v) is 1.04. The second kappa shape index (κ2) is 138. The summed E-state index contributed by atoms with van der Waals surface area (Å²) in [5, 5.41) is 15.1. The zero-order valence-electron chi connectivity index (χ0n) is 9.51. The summed E-state index contributed by atoms with van der Waals surface area (Å²) in [6, 6.07) is 0. The zero-order valence-corrected chi connectivity index (χ0v) is 15.6. The van der Waals surface area contributed by atoms with E-state index in [1.54, 1.807) is 51.4 Å². The fourth-order valence-electron chi connectivity index (χ4n) is 0. The Morgan fingerprint density at radius 1 is 0.875 bits per heavy atom. The van der Waals surface area contributed by atoms with Crippen LogP contribution in [0, 0.1) is 0 Å². The Morgan fingerprint density at radius 2 is 0.875 bits per heavy atom. The van der Waals surface area contributed by atoms with Gasteiger partial charge in [-0.3, -0.25) is 12.6 Å². The van der Waals surface area contributed by atoms with Crippen LogP contribution in [0.4, 0.5) is 0 Å². The van der Waals surface area contributed by atoms with Crippen molar-refractivity contribution in [3.8, 4) is 0 Å². The number of carbonyl (C=O) groups excluding carboxylic acids is 2. The van der Waals surface area contributed by atoms with E-state index in [1.807, 2.05) is 0 Å². The van der Waals surface area contributed by atoms with Gasteiger partial charge < -0.3 is 19.8 Å². The Balaban J connectivity index is -0.0000000190. The molecule has 0 aliphatic carbocycles. The van der Waals surface area contributed by atoms with E-state index < -0.39 is 0 Å². The van der Waals surface area contributed by atoms with Gasteiger partial charge in [-0.1, -0.05) is 0 Å². The number of hydrogen-bond acceptors (Lipinski definition) is 4. The molecule has 0 aromatic rings. The molecule has 0 rings (SSSR count). The van der Waals surface area contributed by atoms with Crippen molar-refractivity contribution in [3.63, 3.8) is 0 Å². The second-order valence-electron chi connectivity index (χ2n) is 1.04. The molecule has 0 fully saturated rings. The van der Waals surface area contributed by atoms with Crippen molar-refractivity contribution in [1.29, 1.82) is 0 Å². The number of aliphatic hydroxyl groups excluding tert-OH is 2. The molecule has 0 bridgehead atoms. The molecule has 0 aromatic carbocycles. The Morgan fingerprint density at radius 3 is 0.875 bits per heavy atom. The minimum atomic E-state index is 0.250. The summed E-state index contributed by atoms with van der Waals surface area (Å²) in [4.78, 5) is 17.4. The Kier molecular flexibility index (Phi) is 310. The minimum absolute atomic E-state index is 0.250. The molecule has 16 heavy (non-hydrogen) atoms. The molecule has 0 atom stereocenters. The van der Waals surface area contributed by atoms with Gasteiger partial charge in [0.15, 0.2) is 0 Å². The van der Waals surface area contributed by atoms with Crippen LogP contribution in [0.3, 0.4) is 0 Å². The zero-order chi connectivity index (χ0) is 14.8. The molecule has 0 radical (unpaired) electrons. The van der Waals surface area contributed by atoms with Gasteiger partial charge in [0, 0.05) is 13.2 Å². The van der Waals surface area contributed by atoms with Crippen LogP contribution in [-0.4, -0.2) is 36.0 Å². The van der Waals surface area contributed by atoms with E-state index in [2.05, 4.69) is 18.8 Å². The van der Waals surface area contributed by atoms with Crippen molar-refractivity contribution in [3.05, 3.63) is 0 Å². The van der Waals surface area contributed by atoms with Crippen LogP contribution in [0.1, 0.15) is 27.7 Å². The molecule has 2 N–H and O–H groups in total. The molecule has 108 valence electrons. The third kappa shape index (κ3) is 2080. The summed E-state index contributed by atoms with van der Waals surface area (Å²) in [6.45, 7) is 6.50. The molecule has 0 spiro atoms. The average molecular weight is 639 g/mol. The first-order valence-electron chi connectivity index (χ1n) is 3.69. The molecule has 4 nitrogen and oxygen atoms in total. The SMILES string of the molecule is CCO.CCO.C[C-]=O.C[C-]=O.[Cl][Pt+].[Cl][Pt+]. The van der Waals surface area contributed by atoms with E-state index in [0.29, 0.717) is 0 Å². The predicted molar refractivity (Wildman–Crippen MR) is 60.0 cm³/mol. The van der Waals surface area contributed by atoms with Gasteiger partial charge in [-0.05, 0) is 13.8 Å². The van der Waals surface area contributed by atoms with Crippen molar-refractivity contribution < 1.29 is 57.3 Å². The monoisotopic (exact) mass is 638 g/mol. The third-order valence-electron chi connectivity index (χ3n) is 0. The Labute approximate surface area is 129 Å². The summed E-state index contributed by atoms with van der Waals surface area (Å²) < 4.78 is 0. The van der Waals surface area contributed by atoms with E-state index in [1.165, 1.54) is 26.4 Å². The third-order valence-corrected chi connectivity index (χ3v) is 0. The Hall–Kier alpha value is 1.22. The van der Waals surface area contributed by atoms with Gasteiger partial charge in [-0.2, -0.15) is 13.8 Å². The summed E-state index contributed by atoms with van der Waals surface area (Å²) in [6.07, 6.45) is 3.00. The Bertz CT molecular complexity index is 64.0. The fraction of sp³-hybridized carbons (Fsp3) is 0.750. The first-order chi connectivity index (χ1) is 7.66. The van der Waals surface area contributed by atoms with Gasteiger partial charge in [-0.25, -0.2) is 0 Å². The van der Waals surface area contributed by atoms with Crippen LogP contribution in [0.5, 0.6) is 0 Å². The maximum atomic E-state index is 8.68. The number of aliphatic hydroxyl groups is 2. The van der Waals surface area contributed by atoms with Crippen LogP contribution in [0.15, 0.2) is 0 Å². The number of halogens is 2. The predicted octanol–water partition coefficient (Wildman–Crippen LogP) is 1.60. The van der Waals surface area contributed by atoms with Crippen LogP contribution >= 0.6 is 18.8 Å². The topological polar surface area (TPSA) is 74.6 Å². The van der Waals surface area contributed by atoms with Gasteiger partial charge in [-0.15, -0.1) is 0 Å². The van der Waals surface area contributed by atoms with E-state index in [0.717, 1.165) is 0 Å². The average Bonchev–Trinajstić information content (AvgIpc) is 2.27. The summed E-state index contributed by atoms with van der Waals surface area (Å²) >= 11 is 3.22. The molecular weight excluding hydrogens is 621 g/mol. The van der Waals surface area contributed by atoms with Crippen LogP contribution in [-0.2, 0) is 47.1 Å². The van der Waals surface area contributed by atoms with Crippen LogP contribution < -0.4 is 0 Å². The normalized spacial score (nSPS) is 4.75. The standard InChI is InChI=1S/2C2H6O.2C2H3O.2ClH.2Pt/c4*1-2-3;;;;/h2*3H,2H2,1H3;2*1H3;2*1H;;/q;;2*-1;;;2*+2/p-2. The molecule has 0 unspecified atom stereocenters. The van der Waals surface area contributed by atoms with Gasteiger partial charge in [0.2, 0.25) is 0 Å². The number of hydrogen-bond donors (Lipinski definition) is 2. The number of rotatable bonds is 0. The quantitative estimate of drug-likeness (QED) is 0.396. The first kappa shape index (κ1) is 36.0. The summed E-state index contributed by atoms with van der Waals surface area (Å²) in [5.41, 5.74) is 0. The van der Waals surface area contributed by atoms with Crippen molar-refractivity contribution >= 4 is 31.4 Å². The van der Waals surface area contributed by atoms with E-state index >= 15 is 0 Å². The first-order valence-corrected chi connectivity index (χ1v) is 9.32. The molecule has 0 aliphatic heterocycles. The summed E-state index contributed by atoms with van der Waals surface area (Å²) in [7, 11) is 9.22. The molecule has 0 amide bonds. The van der Waals surface area contributed by atoms with E-state index in [4.69, 9.17) is 19.8 Å². The van der Waals surface area contributed by atoms with Crippen molar-refractivity contribution in [2.75, 3.05) is 13.2 Å². The molecule has 8 heteroatoms. The van der Waals surface area contributed by atoms with Gasteiger partial charge in [0.05, 0.1) is 0 Å². The van der Waals surface area contributed by atoms with E-state index in [-0.39, 0.29) is 13.2 Å². The molecule has 0 saturated carbocycles. The van der Waals surface area contributed by atoms with Crippen LogP contribution in [0.2, 0.25) is 0 Å². The van der Waals surface area contributed by atoms with Crippen molar-refractivity contribution in [2.24, 2.45) is 0 Å². The van der Waals surface area contributed by atoms with Gasteiger partial charge in [0.25, 0.3) is 0 Å². The maximum absolute atomic E-state index is 8.68. The molecule has 0 aromatic heterocycles. The molecular formula is C8H18Cl2O4Pt2. The molecule has 0 heterocycles. The van der Waals surface area contributed by atoms with Crippen LogP contribution in [0.25, 0.3) is 0 Å². The summed E-state index contributed by atoms with van der Waals surface area (Å²) in [5.74, 6) is 0. The molecule has 0 saturated heterocycles. The van der Waals surface area contributed by atoms with Gasteiger partial charge in [0.1, 0.15) is 0 Å².